The number of anilines is 2. The molecule has 1 fully saturated rings. The van der Waals surface area contributed by atoms with Gasteiger partial charge in [-0.15, -0.1) is 0 Å². The van der Waals surface area contributed by atoms with Gasteiger partial charge in [-0.3, -0.25) is 0 Å². The summed E-state index contributed by atoms with van der Waals surface area (Å²) in [5.74, 6) is 1.89. The van der Waals surface area contributed by atoms with Gasteiger partial charge in [-0.05, 0) is 26.2 Å². The molecule has 5 nitrogen and oxygen atoms in total. The summed E-state index contributed by atoms with van der Waals surface area (Å²) >= 11 is 0. The minimum absolute atomic E-state index is 0.164. The summed E-state index contributed by atoms with van der Waals surface area (Å²) in [5, 5.41) is 12.8. The number of aliphatic hydroxyl groups is 1. The molecule has 1 aromatic rings. The van der Waals surface area contributed by atoms with Crippen LogP contribution in [-0.2, 0) is 0 Å². The summed E-state index contributed by atoms with van der Waals surface area (Å²) in [6.45, 7) is 5.94. The zero-order valence-corrected chi connectivity index (χ0v) is 13.3. The van der Waals surface area contributed by atoms with Gasteiger partial charge in [0, 0.05) is 24.7 Å². The van der Waals surface area contributed by atoms with Crippen molar-refractivity contribution in [2.45, 2.75) is 58.4 Å². The van der Waals surface area contributed by atoms with Gasteiger partial charge in [0.1, 0.15) is 18.0 Å². The zero-order chi connectivity index (χ0) is 15.1. The number of aromatic nitrogens is 2. The molecule has 2 N–H and O–H groups in total. The van der Waals surface area contributed by atoms with E-state index in [4.69, 9.17) is 0 Å². The third-order valence-corrected chi connectivity index (χ3v) is 4.23. The highest BCUT2D eigenvalue weighted by molar-refractivity contribution is 5.58. The van der Waals surface area contributed by atoms with Crippen molar-refractivity contribution >= 4 is 11.6 Å². The molecular weight excluding hydrogens is 264 g/mol. The molecule has 0 unspecified atom stereocenters. The maximum atomic E-state index is 9.43. The zero-order valence-electron chi connectivity index (χ0n) is 13.3. The first-order chi connectivity index (χ1) is 10.3. The molecule has 1 aliphatic rings. The lowest BCUT2D eigenvalue weighted by atomic mass is 9.94. The van der Waals surface area contributed by atoms with Crippen LogP contribution in [0.25, 0.3) is 0 Å². The minimum atomic E-state index is 0.164. The Morgan fingerprint density at radius 2 is 2.05 bits per heavy atom. The van der Waals surface area contributed by atoms with Crippen molar-refractivity contribution in [3.63, 3.8) is 0 Å². The second-order valence-corrected chi connectivity index (χ2v) is 5.81. The predicted octanol–water partition coefficient (Wildman–Crippen LogP) is 2.74. The second-order valence-electron chi connectivity index (χ2n) is 5.81. The average Bonchev–Trinajstić information content (AvgIpc) is 2.53. The van der Waals surface area contributed by atoms with E-state index < -0.39 is 0 Å². The molecule has 0 atom stereocenters. The Morgan fingerprint density at radius 3 is 2.71 bits per heavy atom. The molecule has 2 rings (SSSR count). The fourth-order valence-corrected chi connectivity index (χ4v) is 3.11. The van der Waals surface area contributed by atoms with Crippen LogP contribution in [0.2, 0.25) is 0 Å². The van der Waals surface area contributed by atoms with E-state index in [1.54, 1.807) is 6.33 Å². The van der Waals surface area contributed by atoms with Gasteiger partial charge < -0.3 is 15.3 Å². The van der Waals surface area contributed by atoms with Gasteiger partial charge in [0.15, 0.2) is 0 Å². The summed E-state index contributed by atoms with van der Waals surface area (Å²) in [5.41, 5.74) is 1.09. The maximum Gasteiger partial charge on any atom is 0.137 e. The number of aliphatic hydroxyl groups excluding tert-OH is 1. The van der Waals surface area contributed by atoms with Crippen molar-refractivity contribution in [1.82, 2.24) is 9.97 Å². The van der Waals surface area contributed by atoms with Crippen LogP contribution >= 0.6 is 0 Å². The molecule has 1 saturated carbocycles. The second kappa shape index (κ2) is 8.17. The lowest BCUT2D eigenvalue weighted by Crippen LogP contribution is -2.40. The Labute approximate surface area is 127 Å². The minimum Gasteiger partial charge on any atom is -0.395 e. The Balaban J connectivity index is 2.22. The van der Waals surface area contributed by atoms with Gasteiger partial charge in [0.2, 0.25) is 0 Å². The average molecular weight is 292 g/mol. The fraction of sp³-hybridized carbons (Fsp3) is 0.750. The van der Waals surface area contributed by atoms with E-state index in [9.17, 15) is 5.11 Å². The first-order valence-electron chi connectivity index (χ1n) is 8.21. The maximum absolute atomic E-state index is 9.43. The van der Waals surface area contributed by atoms with Crippen LogP contribution in [0, 0.1) is 6.92 Å². The SMILES string of the molecule is CCCNc1ncnc(N(CCO)C2CCCCC2)c1C. The van der Waals surface area contributed by atoms with Crippen molar-refractivity contribution in [2.24, 2.45) is 0 Å². The number of hydrogen-bond donors (Lipinski definition) is 2. The third kappa shape index (κ3) is 4.06. The Hall–Kier alpha value is -1.36. The van der Waals surface area contributed by atoms with Crippen molar-refractivity contribution in [1.29, 1.82) is 0 Å². The van der Waals surface area contributed by atoms with Crippen LogP contribution in [0.15, 0.2) is 6.33 Å². The van der Waals surface area contributed by atoms with Crippen LogP contribution in [0.3, 0.4) is 0 Å². The van der Waals surface area contributed by atoms with Crippen LogP contribution < -0.4 is 10.2 Å². The third-order valence-electron chi connectivity index (χ3n) is 4.23. The van der Waals surface area contributed by atoms with E-state index in [0.717, 1.165) is 30.2 Å². The monoisotopic (exact) mass is 292 g/mol. The van der Waals surface area contributed by atoms with E-state index in [0.29, 0.717) is 12.6 Å². The van der Waals surface area contributed by atoms with Gasteiger partial charge in [0.05, 0.1) is 6.61 Å². The number of rotatable bonds is 7. The smallest absolute Gasteiger partial charge is 0.137 e. The van der Waals surface area contributed by atoms with E-state index in [1.165, 1.54) is 32.1 Å². The fourth-order valence-electron chi connectivity index (χ4n) is 3.11. The highest BCUT2D eigenvalue weighted by atomic mass is 16.3. The van der Waals surface area contributed by atoms with Crippen LogP contribution in [0.4, 0.5) is 11.6 Å². The van der Waals surface area contributed by atoms with E-state index in [1.807, 2.05) is 0 Å². The topological polar surface area (TPSA) is 61.3 Å². The molecule has 0 aromatic carbocycles. The number of nitrogens with one attached hydrogen (secondary N) is 1. The largest absolute Gasteiger partial charge is 0.395 e. The molecule has 5 heteroatoms. The number of nitrogens with zero attached hydrogens (tertiary/aromatic N) is 3. The highest BCUT2D eigenvalue weighted by Crippen LogP contribution is 2.29. The molecule has 0 bridgehead atoms. The summed E-state index contributed by atoms with van der Waals surface area (Å²) < 4.78 is 0. The first-order valence-corrected chi connectivity index (χ1v) is 8.21. The number of hydrogen-bond acceptors (Lipinski definition) is 5. The van der Waals surface area contributed by atoms with Crippen LogP contribution in [-0.4, -0.2) is 40.8 Å². The van der Waals surface area contributed by atoms with Crippen LogP contribution in [0.5, 0.6) is 0 Å². The summed E-state index contributed by atoms with van der Waals surface area (Å²) in [6.07, 6.45) is 8.97. The van der Waals surface area contributed by atoms with E-state index in [-0.39, 0.29) is 6.61 Å². The summed E-state index contributed by atoms with van der Waals surface area (Å²) in [6, 6.07) is 0.499. The van der Waals surface area contributed by atoms with Gasteiger partial charge in [-0.1, -0.05) is 26.2 Å². The molecule has 0 spiro atoms. The van der Waals surface area contributed by atoms with Crippen molar-refractivity contribution < 1.29 is 5.11 Å². The van der Waals surface area contributed by atoms with Gasteiger partial charge in [0.25, 0.3) is 0 Å². The molecule has 1 aliphatic carbocycles. The molecule has 118 valence electrons. The molecule has 21 heavy (non-hydrogen) atoms. The lowest BCUT2D eigenvalue weighted by molar-refractivity contribution is 0.289. The molecule has 0 aliphatic heterocycles. The summed E-state index contributed by atoms with van der Waals surface area (Å²) in [4.78, 5) is 11.1. The molecule has 0 saturated heterocycles. The Kier molecular flexibility index (Phi) is 6.23. The molecule has 1 aromatic heterocycles. The first kappa shape index (κ1) is 16.0. The lowest BCUT2D eigenvalue weighted by Gasteiger charge is -2.35. The molecule has 0 amide bonds. The quantitative estimate of drug-likeness (QED) is 0.809. The van der Waals surface area contributed by atoms with E-state index in [2.05, 4.69) is 34.0 Å². The van der Waals surface area contributed by atoms with Gasteiger partial charge in [-0.2, -0.15) is 0 Å². The van der Waals surface area contributed by atoms with Gasteiger partial charge >= 0.3 is 0 Å². The Bertz CT molecular complexity index is 432. The molecular formula is C16H28N4O. The molecule has 1 heterocycles. The van der Waals surface area contributed by atoms with E-state index >= 15 is 0 Å². The standard InChI is InChI=1S/C16H28N4O/c1-3-9-17-15-13(2)16(19-12-18-15)20(10-11-21)14-7-5-4-6-8-14/h12,14,21H,3-11H2,1-2H3,(H,17,18,19). The van der Waals surface area contributed by atoms with Crippen molar-refractivity contribution in [3.05, 3.63) is 11.9 Å². The highest BCUT2D eigenvalue weighted by Gasteiger charge is 2.24. The summed E-state index contributed by atoms with van der Waals surface area (Å²) in [7, 11) is 0. The molecule has 0 radical (unpaired) electrons. The van der Waals surface area contributed by atoms with Crippen molar-refractivity contribution in [3.8, 4) is 0 Å². The van der Waals surface area contributed by atoms with Crippen LogP contribution in [0.1, 0.15) is 51.0 Å². The van der Waals surface area contributed by atoms with Gasteiger partial charge in [-0.25, -0.2) is 9.97 Å². The Morgan fingerprint density at radius 1 is 1.29 bits per heavy atom. The van der Waals surface area contributed by atoms with Crippen molar-refractivity contribution in [2.75, 3.05) is 29.9 Å². The normalized spacial score (nSPS) is 16.0. The predicted molar refractivity (Wildman–Crippen MR) is 86.9 cm³/mol.